The van der Waals surface area contributed by atoms with Crippen LogP contribution in [0, 0.1) is 0 Å². The molecule has 1 saturated carbocycles. The molecule has 0 saturated heterocycles. The third kappa shape index (κ3) is 2.96. The molecule has 5 nitrogen and oxygen atoms in total. The lowest BCUT2D eigenvalue weighted by Crippen LogP contribution is -2.32. The predicted octanol–water partition coefficient (Wildman–Crippen LogP) is 1.52. The zero-order valence-electron chi connectivity index (χ0n) is 10.3. The number of hydrogen-bond acceptors (Lipinski definition) is 4. The summed E-state index contributed by atoms with van der Waals surface area (Å²) in [6, 6.07) is 4.19. The van der Waals surface area contributed by atoms with E-state index in [0.717, 1.165) is 37.1 Å². The number of hydrogen-bond donors (Lipinski definition) is 0. The van der Waals surface area contributed by atoms with Gasteiger partial charge in [0.25, 0.3) is 0 Å². The van der Waals surface area contributed by atoms with Gasteiger partial charge in [-0.05, 0) is 37.1 Å². The fourth-order valence-electron chi connectivity index (χ4n) is 1.90. The number of benzene rings is 1. The quantitative estimate of drug-likeness (QED) is 0.773. The van der Waals surface area contributed by atoms with Crippen LogP contribution in [0.5, 0.6) is 0 Å². The highest BCUT2D eigenvalue weighted by molar-refractivity contribution is 7.89. The molecule has 1 aliphatic rings. The van der Waals surface area contributed by atoms with Gasteiger partial charge in [0.15, 0.2) is 0 Å². The zero-order chi connectivity index (χ0) is 14.3. The Balaban J connectivity index is 2.36. The van der Waals surface area contributed by atoms with Crippen LogP contribution in [0.1, 0.15) is 19.8 Å². The van der Waals surface area contributed by atoms with Crippen LogP contribution in [-0.4, -0.2) is 33.7 Å². The maximum absolute atomic E-state index is 12.7. The summed E-state index contributed by atoms with van der Waals surface area (Å²) in [5.74, 6) is 0. The number of nitrogens with zero attached hydrogens (tertiary/aromatic N) is 1. The van der Waals surface area contributed by atoms with Crippen LogP contribution in [0.25, 0.3) is 0 Å². The molecule has 0 aromatic heterocycles. The van der Waals surface area contributed by atoms with Crippen molar-refractivity contribution in [3.05, 3.63) is 24.3 Å². The molecule has 8 heteroatoms. The summed E-state index contributed by atoms with van der Waals surface area (Å²) < 4.78 is 60.0. The molecule has 1 aromatic rings. The summed E-state index contributed by atoms with van der Waals surface area (Å²) in [7, 11) is -8.44. The van der Waals surface area contributed by atoms with Crippen LogP contribution >= 0.6 is 0 Å². The van der Waals surface area contributed by atoms with Gasteiger partial charge in [-0.25, -0.2) is 8.42 Å². The van der Waals surface area contributed by atoms with Crippen molar-refractivity contribution in [1.29, 1.82) is 0 Å². The Morgan fingerprint density at radius 1 is 1.11 bits per heavy atom. The topological polar surface area (TPSA) is 71.5 Å². The Morgan fingerprint density at radius 2 is 1.58 bits per heavy atom. The molecule has 0 spiro atoms. The van der Waals surface area contributed by atoms with Crippen molar-refractivity contribution < 1.29 is 20.7 Å². The SMILES string of the molecule is CCN(C1CC1)S(=O)(=O)c1ccc(S(=O)(=O)F)cc1. The summed E-state index contributed by atoms with van der Waals surface area (Å²) >= 11 is 0. The molecular formula is C11H14FNO4S2. The van der Waals surface area contributed by atoms with Gasteiger partial charge in [-0.3, -0.25) is 0 Å². The van der Waals surface area contributed by atoms with E-state index < -0.39 is 25.1 Å². The zero-order valence-corrected chi connectivity index (χ0v) is 11.9. The van der Waals surface area contributed by atoms with E-state index in [4.69, 9.17) is 0 Å². The standard InChI is InChI=1S/C11H14FNO4S2/c1-2-13(9-3-4-9)19(16,17)11-7-5-10(6-8-11)18(12,14)15/h5-9H,2-4H2,1H3. The highest BCUT2D eigenvalue weighted by Crippen LogP contribution is 2.31. The third-order valence-electron chi connectivity index (χ3n) is 2.98. The molecule has 19 heavy (non-hydrogen) atoms. The molecule has 2 rings (SSSR count). The van der Waals surface area contributed by atoms with Gasteiger partial charge >= 0.3 is 10.2 Å². The maximum Gasteiger partial charge on any atom is 0.332 e. The fraction of sp³-hybridized carbons (Fsp3) is 0.455. The van der Waals surface area contributed by atoms with E-state index >= 15 is 0 Å². The molecule has 1 aliphatic carbocycles. The molecule has 0 bridgehead atoms. The molecule has 0 atom stereocenters. The Bertz CT molecular complexity index is 663. The monoisotopic (exact) mass is 307 g/mol. The summed E-state index contributed by atoms with van der Waals surface area (Å²) in [6.07, 6.45) is 1.67. The van der Waals surface area contributed by atoms with Crippen molar-refractivity contribution in [1.82, 2.24) is 4.31 Å². The second-order valence-corrected chi connectivity index (χ2v) is 7.59. The molecule has 1 fully saturated rings. The second kappa shape index (κ2) is 4.84. The van der Waals surface area contributed by atoms with Crippen LogP contribution in [0.4, 0.5) is 3.89 Å². The maximum atomic E-state index is 12.7. The van der Waals surface area contributed by atoms with Crippen molar-refractivity contribution in [2.75, 3.05) is 6.54 Å². The van der Waals surface area contributed by atoms with Crippen LogP contribution in [0.3, 0.4) is 0 Å². The van der Waals surface area contributed by atoms with E-state index in [1.807, 2.05) is 0 Å². The second-order valence-electron chi connectivity index (χ2n) is 4.35. The van der Waals surface area contributed by atoms with Crippen molar-refractivity contribution in [2.45, 2.75) is 35.6 Å². The van der Waals surface area contributed by atoms with Gasteiger partial charge in [0.2, 0.25) is 10.0 Å². The molecule has 0 unspecified atom stereocenters. The summed E-state index contributed by atoms with van der Waals surface area (Å²) in [5, 5.41) is 0. The Hall–Kier alpha value is -0.990. The van der Waals surface area contributed by atoms with E-state index in [1.165, 1.54) is 4.31 Å². The normalized spacial score (nSPS) is 16.8. The molecule has 0 aliphatic heterocycles. The molecule has 1 aromatic carbocycles. The van der Waals surface area contributed by atoms with Crippen LogP contribution in [0.15, 0.2) is 34.1 Å². The van der Waals surface area contributed by atoms with Crippen LogP contribution in [0.2, 0.25) is 0 Å². The van der Waals surface area contributed by atoms with Gasteiger partial charge in [0.1, 0.15) is 0 Å². The number of halogens is 1. The smallest absolute Gasteiger partial charge is 0.207 e. The number of rotatable bonds is 5. The fourth-order valence-corrected chi connectivity index (χ4v) is 4.05. The van der Waals surface area contributed by atoms with Gasteiger partial charge in [-0.1, -0.05) is 6.92 Å². The van der Waals surface area contributed by atoms with Gasteiger partial charge in [-0.15, -0.1) is 3.89 Å². The first-order valence-corrected chi connectivity index (χ1v) is 8.65. The summed E-state index contributed by atoms with van der Waals surface area (Å²) in [5.41, 5.74) is 0. The summed E-state index contributed by atoms with van der Waals surface area (Å²) in [6.45, 7) is 2.10. The van der Waals surface area contributed by atoms with Gasteiger partial charge in [0.05, 0.1) is 9.79 Å². The van der Waals surface area contributed by atoms with Gasteiger partial charge in [0, 0.05) is 12.6 Å². The van der Waals surface area contributed by atoms with E-state index in [1.54, 1.807) is 6.92 Å². The van der Waals surface area contributed by atoms with E-state index in [0.29, 0.717) is 6.54 Å². The minimum Gasteiger partial charge on any atom is -0.207 e. The molecule has 0 amide bonds. The molecule has 106 valence electrons. The van der Waals surface area contributed by atoms with Crippen LogP contribution in [-0.2, 0) is 20.2 Å². The first-order chi connectivity index (χ1) is 8.76. The molecule has 0 heterocycles. The van der Waals surface area contributed by atoms with Crippen LogP contribution < -0.4 is 0 Å². The number of sulfonamides is 1. The lowest BCUT2D eigenvalue weighted by Gasteiger charge is -2.19. The highest BCUT2D eigenvalue weighted by Gasteiger charge is 2.36. The van der Waals surface area contributed by atoms with Crippen molar-refractivity contribution >= 4 is 20.2 Å². The lowest BCUT2D eigenvalue weighted by atomic mass is 10.4. The Labute approximate surface area is 112 Å². The third-order valence-corrected chi connectivity index (χ3v) is 5.85. The van der Waals surface area contributed by atoms with Gasteiger partial charge in [-0.2, -0.15) is 12.7 Å². The largest absolute Gasteiger partial charge is 0.332 e. The van der Waals surface area contributed by atoms with Crippen molar-refractivity contribution in [2.24, 2.45) is 0 Å². The highest BCUT2D eigenvalue weighted by atomic mass is 32.3. The average molecular weight is 307 g/mol. The minimum absolute atomic E-state index is 0.0198. The molecule has 0 N–H and O–H groups in total. The molecule has 0 radical (unpaired) electrons. The average Bonchev–Trinajstić information content (AvgIpc) is 3.13. The summed E-state index contributed by atoms with van der Waals surface area (Å²) in [4.78, 5) is -0.561. The molecular weight excluding hydrogens is 293 g/mol. The van der Waals surface area contributed by atoms with E-state index in [9.17, 15) is 20.7 Å². The Kier molecular flexibility index (Phi) is 3.67. The predicted molar refractivity (Wildman–Crippen MR) is 67.3 cm³/mol. The van der Waals surface area contributed by atoms with Crippen molar-refractivity contribution in [3.63, 3.8) is 0 Å². The van der Waals surface area contributed by atoms with Crippen molar-refractivity contribution in [3.8, 4) is 0 Å². The van der Waals surface area contributed by atoms with E-state index in [-0.39, 0.29) is 10.9 Å². The Morgan fingerprint density at radius 3 is 1.95 bits per heavy atom. The minimum atomic E-state index is -4.80. The van der Waals surface area contributed by atoms with E-state index in [2.05, 4.69) is 0 Å². The first kappa shape index (κ1) is 14.4. The lowest BCUT2D eigenvalue weighted by molar-refractivity contribution is 0.421. The van der Waals surface area contributed by atoms with Gasteiger partial charge < -0.3 is 0 Å². The first-order valence-electron chi connectivity index (χ1n) is 5.83.